The van der Waals surface area contributed by atoms with Gasteiger partial charge < -0.3 is 9.47 Å². The van der Waals surface area contributed by atoms with Crippen molar-refractivity contribution in [1.82, 2.24) is 0 Å². The van der Waals surface area contributed by atoms with E-state index >= 15 is 0 Å². The quantitative estimate of drug-likeness (QED) is 0.463. The van der Waals surface area contributed by atoms with Gasteiger partial charge in [0.15, 0.2) is 0 Å². The maximum absolute atomic E-state index is 10.7. The van der Waals surface area contributed by atoms with Gasteiger partial charge in [-0.15, -0.1) is 0 Å². The van der Waals surface area contributed by atoms with Crippen molar-refractivity contribution in [3.8, 4) is 0 Å². The van der Waals surface area contributed by atoms with E-state index in [-0.39, 0.29) is 0 Å². The number of carbonyl (C=O) groups is 2. The van der Waals surface area contributed by atoms with Gasteiger partial charge in [-0.05, 0) is 17.6 Å². The second-order valence-corrected chi connectivity index (χ2v) is 2.56. The van der Waals surface area contributed by atoms with E-state index in [4.69, 9.17) is 0 Å². The lowest BCUT2D eigenvalue weighted by Gasteiger charge is -1.87. The molecular formula is C9H10O4. The maximum atomic E-state index is 10.7. The fourth-order valence-electron chi connectivity index (χ4n) is 0.851. The van der Waals surface area contributed by atoms with Crippen LogP contribution in [0.1, 0.15) is 6.42 Å². The van der Waals surface area contributed by atoms with E-state index in [1.807, 2.05) is 0 Å². The number of methoxy groups -OCH3 is 2. The number of esters is 2. The smallest absolute Gasteiger partial charge is 0.330 e. The van der Waals surface area contributed by atoms with Crippen LogP contribution >= 0.6 is 0 Å². The van der Waals surface area contributed by atoms with E-state index in [2.05, 4.69) is 9.47 Å². The largest absolute Gasteiger partial charge is 0.466 e. The highest BCUT2D eigenvalue weighted by Crippen LogP contribution is 2.36. The third kappa shape index (κ3) is 2.74. The first kappa shape index (κ1) is 9.51. The highest BCUT2D eigenvalue weighted by atomic mass is 16.5. The van der Waals surface area contributed by atoms with Crippen molar-refractivity contribution in [2.24, 2.45) is 0 Å². The minimum absolute atomic E-state index is 0.400. The van der Waals surface area contributed by atoms with Gasteiger partial charge in [0.25, 0.3) is 0 Å². The van der Waals surface area contributed by atoms with Gasteiger partial charge in [-0.2, -0.15) is 0 Å². The molecule has 0 N–H and O–H groups in total. The topological polar surface area (TPSA) is 52.6 Å². The van der Waals surface area contributed by atoms with E-state index in [1.54, 1.807) is 0 Å². The summed E-state index contributed by atoms with van der Waals surface area (Å²) in [5.41, 5.74) is 1.66. The van der Waals surface area contributed by atoms with Crippen molar-refractivity contribution < 1.29 is 19.1 Å². The molecule has 0 heterocycles. The Bertz CT molecular complexity index is 269. The van der Waals surface area contributed by atoms with E-state index in [1.165, 1.54) is 26.4 Å². The second-order valence-electron chi connectivity index (χ2n) is 2.56. The maximum Gasteiger partial charge on any atom is 0.330 e. The van der Waals surface area contributed by atoms with Gasteiger partial charge >= 0.3 is 11.9 Å². The van der Waals surface area contributed by atoms with E-state index < -0.39 is 11.9 Å². The Morgan fingerprint density at radius 3 is 1.77 bits per heavy atom. The predicted molar refractivity (Wildman–Crippen MR) is 44.8 cm³/mol. The zero-order valence-electron chi connectivity index (χ0n) is 7.49. The van der Waals surface area contributed by atoms with Crippen LogP contribution in [-0.2, 0) is 19.1 Å². The molecule has 4 heteroatoms. The first-order valence-corrected chi connectivity index (χ1v) is 3.74. The second kappa shape index (κ2) is 3.89. The molecule has 4 nitrogen and oxygen atoms in total. The third-order valence-corrected chi connectivity index (χ3v) is 1.65. The van der Waals surface area contributed by atoms with E-state index in [9.17, 15) is 9.59 Å². The zero-order chi connectivity index (χ0) is 9.84. The molecule has 70 valence electrons. The summed E-state index contributed by atoms with van der Waals surface area (Å²) < 4.78 is 8.84. The Balaban J connectivity index is 2.55. The number of carbonyl (C=O) groups excluding carboxylic acids is 2. The standard InChI is InChI=1S/C9H10O4/c1-12-8(10)4-6-3-7(6)5-9(11)13-2/h4-5H,3H2,1-2H3/b6-4+,7-5+. The Morgan fingerprint density at radius 2 is 1.46 bits per heavy atom. The van der Waals surface area contributed by atoms with Crippen LogP contribution in [0.3, 0.4) is 0 Å². The number of rotatable bonds is 2. The molecule has 1 rings (SSSR count). The lowest BCUT2D eigenvalue weighted by atomic mass is 10.4. The summed E-state index contributed by atoms with van der Waals surface area (Å²) in [5.74, 6) is -0.800. The van der Waals surface area contributed by atoms with Crippen LogP contribution in [0, 0.1) is 0 Å². The van der Waals surface area contributed by atoms with E-state index in [0.29, 0.717) is 6.42 Å². The SMILES string of the molecule is COC(=O)/C=C1\C\C1=C/C(=O)OC. The first-order valence-electron chi connectivity index (χ1n) is 3.74. The Kier molecular flexibility index (Phi) is 2.84. The minimum Gasteiger partial charge on any atom is -0.466 e. The Labute approximate surface area is 75.8 Å². The number of hydrogen-bond acceptors (Lipinski definition) is 4. The first-order chi connectivity index (χ1) is 6.17. The summed E-state index contributed by atoms with van der Waals surface area (Å²) in [6.45, 7) is 0. The van der Waals surface area contributed by atoms with Crippen LogP contribution in [-0.4, -0.2) is 26.2 Å². The minimum atomic E-state index is -0.400. The highest BCUT2D eigenvalue weighted by Gasteiger charge is 2.23. The lowest BCUT2D eigenvalue weighted by molar-refractivity contribution is -0.135. The molecule has 0 aliphatic heterocycles. The lowest BCUT2D eigenvalue weighted by Crippen LogP contribution is -1.94. The summed E-state index contributed by atoms with van der Waals surface area (Å²) >= 11 is 0. The molecule has 0 radical (unpaired) electrons. The van der Waals surface area contributed by atoms with Crippen LogP contribution in [0.2, 0.25) is 0 Å². The molecule has 0 spiro atoms. The average molecular weight is 182 g/mol. The molecule has 0 aromatic heterocycles. The van der Waals surface area contributed by atoms with Gasteiger partial charge in [-0.3, -0.25) is 0 Å². The van der Waals surface area contributed by atoms with E-state index in [0.717, 1.165) is 11.1 Å². The number of hydrogen-bond donors (Lipinski definition) is 0. The molecule has 1 aliphatic rings. The fourth-order valence-corrected chi connectivity index (χ4v) is 0.851. The van der Waals surface area contributed by atoms with Crippen molar-refractivity contribution in [3.63, 3.8) is 0 Å². The third-order valence-electron chi connectivity index (χ3n) is 1.65. The molecule has 0 aromatic carbocycles. The molecule has 1 aliphatic carbocycles. The van der Waals surface area contributed by atoms with Crippen LogP contribution in [0.25, 0.3) is 0 Å². The molecule has 13 heavy (non-hydrogen) atoms. The van der Waals surface area contributed by atoms with Gasteiger partial charge in [0.2, 0.25) is 0 Å². The average Bonchev–Trinajstić information content (AvgIpc) is 2.83. The van der Waals surface area contributed by atoms with Gasteiger partial charge in [-0.1, -0.05) is 0 Å². The Morgan fingerprint density at radius 1 is 1.08 bits per heavy atom. The molecular weight excluding hydrogens is 172 g/mol. The molecule has 0 amide bonds. The molecule has 0 aromatic rings. The summed E-state index contributed by atoms with van der Waals surface area (Å²) in [4.78, 5) is 21.4. The van der Waals surface area contributed by atoms with Gasteiger partial charge in [0, 0.05) is 12.2 Å². The monoisotopic (exact) mass is 182 g/mol. The van der Waals surface area contributed by atoms with Crippen LogP contribution in [0.5, 0.6) is 0 Å². The van der Waals surface area contributed by atoms with Crippen LogP contribution in [0.4, 0.5) is 0 Å². The summed E-state index contributed by atoms with van der Waals surface area (Å²) in [7, 11) is 2.62. The van der Waals surface area contributed by atoms with Gasteiger partial charge in [-0.25, -0.2) is 9.59 Å². The Hall–Kier alpha value is -1.58. The molecule has 1 saturated carbocycles. The molecule has 0 bridgehead atoms. The zero-order valence-corrected chi connectivity index (χ0v) is 7.49. The summed E-state index contributed by atoms with van der Waals surface area (Å²) in [5, 5.41) is 0. The van der Waals surface area contributed by atoms with Crippen molar-refractivity contribution in [3.05, 3.63) is 23.3 Å². The summed E-state index contributed by atoms with van der Waals surface area (Å²) in [6, 6.07) is 0. The molecule has 1 fully saturated rings. The summed E-state index contributed by atoms with van der Waals surface area (Å²) in [6.07, 6.45) is 3.40. The van der Waals surface area contributed by atoms with Crippen LogP contribution < -0.4 is 0 Å². The molecule has 0 unspecified atom stereocenters. The van der Waals surface area contributed by atoms with Crippen LogP contribution in [0.15, 0.2) is 23.3 Å². The molecule has 0 saturated heterocycles. The van der Waals surface area contributed by atoms with Crippen molar-refractivity contribution in [2.75, 3.05) is 14.2 Å². The number of allylic oxidation sites excluding steroid dienone is 2. The molecule has 0 atom stereocenters. The van der Waals surface area contributed by atoms with Gasteiger partial charge in [0.1, 0.15) is 0 Å². The predicted octanol–water partition coefficient (Wildman–Crippen LogP) is 0.589. The highest BCUT2D eigenvalue weighted by molar-refractivity contribution is 5.89. The van der Waals surface area contributed by atoms with Crippen molar-refractivity contribution in [2.45, 2.75) is 6.42 Å². The fraction of sp³-hybridized carbons (Fsp3) is 0.333. The van der Waals surface area contributed by atoms with Crippen molar-refractivity contribution in [1.29, 1.82) is 0 Å². The normalized spacial score (nSPS) is 20.2. The number of ether oxygens (including phenoxy) is 2. The van der Waals surface area contributed by atoms with Crippen molar-refractivity contribution >= 4 is 11.9 Å². The van der Waals surface area contributed by atoms with Gasteiger partial charge in [0.05, 0.1) is 14.2 Å².